The smallest absolute Gasteiger partial charge is 0.246 e. The Balaban J connectivity index is 2.94. The average Bonchev–Trinajstić information content (AvgIpc) is 2.31. The van der Waals surface area contributed by atoms with Gasteiger partial charge in [-0.3, -0.25) is 9.59 Å². The number of amides is 2. The first kappa shape index (κ1) is 15.0. The van der Waals surface area contributed by atoms with Crippen LogP contribution in [0, 0.1) is 0 Å². The first-order chi connectivity index (χ1) is 8.36. The van der Waals surface area contributed by atoms with Gasteiger partial charge in [0.2, 0.25) is 11.8 Å². The average molecular weight is 256 g/mol. The molecule has 0 saturated carbocycles. The Labute approximate surface area is 109 Å². The summed E-state index contributed by atoms with van der Waals surface area (Å²) in [7, 11) is 1.64. The number of nitrogens with one attached hydrogen (secondary N) is 1. The van der Waals surface area contributed by atoms with Crippen molar-refractivity contribution in [1.82, 2.24) is 10.2 Å². The van der Waals surface area contributed by atoms with E-state index in [4.69, 9.17) is 4.74 Å². The lowest BCUT2D eigenvalue weighted by Gasteiger charge is -2.47. The zero-order chi connectivity index (χ0) is 13.9. The summed E-state index contributed by atoms with van der Waals surface area (Å²) < 4.78 is 5.05. The number of nitrogens with zero attached hydrogens (tertiary/aromatic N) is 1. The molecule has 0 radical (unpaired) electrons. The third-order valence-corrected chi connectivity index (χ3v) is 3.59. The number of carbonyl (C=O) groups excluding carboxylic acids is 2. The molecule has 1 saturated heterocycles. The van der Waals surface area contributed by atoms with Crippen molar-refractivity contribution in [3.05, 3.63) is 0 Å². The van der Waals surface area contributed by atoms with Crippen molar-refractivity contribution < 1.29 is 14.3 Å². The summed E-state index contributed by atoms with van der Waals surface area (Å²) in [5, 5.41) is 2.79. The van der Waals surface area contributed by atoms with E-state index in [1.165, 1.54) is 0 Å². The fourth-order valence-corrected chi connectivity index (χ4v) is 2.41. The minimum absolute atomic E-state index is 0.00528. The monoisotopic (exact) mass is 256 g/mol. The van der Waals surface area contributed by atoms with Crippen molar-refractivity contribution in [1.29, 1.82) is 0 Å². The normalized spacial score (nSPS) is 24.9. The highest BCUT2D eigenvalue weighted by Gasteiger charge is 2.47. The fourth-order valence-electron chi connectivity index (χ4n) is 2.41. The van der Waals surface area contributed by atoms with Crippen LogP contribution >= 0.6 is 0 Å². The summed E-state index contributed by atoms with van der Waals surface area (Å²) in [4.78, 5) is 26.2. The van der Waals surface area contributed by atoms with Gasteiger partial charge in [0.05, 0.1) is 0 Å². The van der Waals surface area contributed by atoms with Gasteiger partial charge in [0.15, 0.2) is 0 Å². The van der Waals surface area contributed by atoms with Gasteiger partial charge in [0, 0.05) is 19.8 Å². The molecule has 5 heteroatoms. The summed E-state index contributed by atoms with van der Waals surface area (Å²) in [5.74, 6) is -0.0797. The molecule has 0 aromatic heterocycles. The second kappa shape index (κ2) is 5.69. The molecular weight excluding hydrogens is 232 g/mol. The van der Waals surface area contributed by atoms with Crippen LogP contribution in [0.25, 0.3) is 0 Å². The summed E-state index contributed by atoms with van der Waals surface area (Å²) in [6, 6.07) is -0.400. The van der Waals surface area contributed by atoms with E-state index >= 15 is 0 Å². The molecule has 0 aromatic carbocycles. The van der Waals surface area contributed by atoms with E-state index in [0.29, 0.717) is 13.0 Å². The first-order valence-corrected chi connectivity index (χ1v) is 6.49. The van der Waals surface area contributed by atoms with E-state index in [1.54, 1.807) is 25.9 Å². The molecule has 2 unspecified atom stereocenters. The van der Waals surface area contributed by atoms with Gasteiger partial charge < -0.3 is 15.0 Å². The Morgan fingerprint density at radius 2 is 2.06 bits per heavy atom. The van der Waals surface area contributed by atoms with Crippen LogP contribution < -0.4 is 5.32 Å². The van der Waals surface area contributed by atoms with Gasteiger partial charge in [0.1, 0.15) is 11.6 Å². The molecule has 0 aliphatic carbocycles. The Morgan fingerprint density at radius 3 is 2.56 bits per heavy atom. The molecule has 0 bridgehead atoms. The van der Waals surface area contributed by atoms with Crippen LogP contribution in [-0.4, -0.2) is 48.1 Å². The molecule has 2 amide bonds. The molecule has 1 aliphatic rings. The lowest BCUT2D eigenvalue weighted by molar-refractivity contribution is -0.158. The highest BCUT2D eigenvalue weighted by molar-refractivity contribution is 5.99. The Morgan fingerprint density at radius 1 is 1.44 bits per heavy atom. The van der Waals surface area contributed by atoms with Gasteiger partial charge in [-0.15, -0.1) is 0 Å². The van der Waals surface area contributed by atoms with E-state index in [1.807, 2.05) is 13.8 Å². The zero-order valence-corrected chi connectivity index (χ0v) is 11.9. The molecule has 104 valence electrons. The van der Waals surface area contributed by atoms with E-state index < -0.39 is 11.6 Å². The Hall–Kier alpha value is -1.10. The predicted octanol–water partition coefficient (Wildman–Crippen LogP) is 0.927. The van der Waals surface area contributed by atoms with Crippen LogP contribution in [0.3, 0.4) is 0 Å². The number of methoxy groups -OCH3 is 1. The number of ether oxygens (including phenoxy) is 1. The van der Waals surface area contributed by atoms with E-state index in [0.717, 1.165) is 6.42 Å². The first-order valence-electron chi connectivity index (χ1n) is 6.49. The van der Waals surface area contributed by atoms with Crippen molar-refractivity contribution in [2.24, 2.45) is 0 Å². The van der Waals surface area contributed by atoms with Gasteiger partial charge in [-0.1, -0.05) is 6.92 Å². The van der Waals surface area contributed by atoms with Gasteiger partial charge in [-0.2, -0.15) is 0 Å². The Bertz CT molecular complexity index is 328. The van der Waals surface area contributed by atoms with E-state index in [9.17, 15) is 9.59 Å². The third-order valence-electron chi connectivity index (χ3n) is 3.59. The largest absolute Gasteiger partial charge is 0.385 e. The zero-order valence-electron chi connectivity index (χ0n) is 11.9. The van der Waals surface area contributed by atoms with Crippen molar-refractivity contribution in [3.63, 3.8) is 0 Å². The fraction of sp³-hybridized carbons (Fsp3) is 0.846. The molecule has 1 N–H and O–H groups in total. The minimum atomic E-state index is -0.796. The highest BCUT2D eigenvalue weighted by Crippen LogP contribution is 2.25. The topological polar surface area (TPSA) is 58.6 Å². The number of hydrogen-bond acceptors (Lipinski definition) is 3. The molecule has 0 spiro atoms. The van der Waals surface area contributed by atoms with Crippen LogP contribution in [0.15, 0.2) is 0 Å². The highest BCUT2D eigenvalue weighted by atomic mass is 16.5. The second-order valence-electron chi connectivity index (χ2n) is 5.33. The molecule has 18 heavy (non-hydrogen) atoms. The van der Waals surface area contributed by atoms with Crippen LogP contribution in [0.4, 0.5) is 0 Å². The number of piperazine rings is 1. The number of carbonyl (C=O) groups is 2. The van der Waals surface area contributed by atoms with Crippen molar-refractivity contribution in [2.45, 2.75) is 58.2 Å². The summed E-state index contributed by atoms with van der Waals surface area (Å²) in [6.07, 6.45) is 1.35. The maximum atomic E-state index is 12.4. The maximum Gasteiger partial charge on any atom is 0.246 e. The molecule has 5 nitrogen and oxygen atoms in total. The molecule has 0 aromatic rings. The number of hydrogen-bond donors (Lipinski definition) is 1. The van der Waals surface area contributed by atoms with Gasteiger partial charge in [0.25, 0.3) is 0 Å². The SMILES string of the molecule is CCC1NC(=O)C(C)(C)N(C(C)CCOC)C1=O. The molecule has 2 atom stereocenters. The number of rotatable bonds is 5. The molecule has 1 rings (SSSR count). The Kier molecular flexibility index (Phi) is 4.73. The van der Waals surface area contributed by atoms with Crippen LogP contribution in [-0.2, 0) is 14.3 Å². The predicted molar refractivity (Wildman–Crippen MR) is 69.1 cm³/mol. The van der Waals surface area contributed by atoms with Crippen molar-refractivity contribution >= 4 is 11.8 Å². The van der Waals surface area contributed by atoms with Gasteiger partial charge in [-0.25, -0.2) is 0 Å². The lowest BCUT2D eigenvalue weighted by atomic mass is 9.92. The van der Waals surface area contributed by atoms with E-state index in [-0.39, 0.29) is 17.9 Å². The lowest BCUT2D eigenvalue weighted by Crippen LogP contribution is -2.70. The van der Waals surface area contributed by atoms with Gasteiger partial charge in [-0.05, 0) is 33.6 Å². The maximum absolute atomic E-state index is 12.4. The van der Waals surface area contributed by atoms with E-state index in [2.05, 4.69) is 5.32 Å². The van der Waals surface area contributed by atoms with Crippen LogP contribution in [0.5, 0.6) is 0 Å². The van der Waals surface area contributed by atoms with Crippen molar-refractivity contribution in [3.8, 4) is 0 Å². The third kappa shape index (κ3) is 2.66. The van der Waals surface area contributed by atoms with Gasteiger partial charge >= 0.3 is 0 Å². The second-order valence-corrected chi connectivity index (χ2v) is 5.33. The minimum Gasteiger partial charge on any atom is -0.385 e. The van der Waals surface area contributed by atoms with Crippen molar-refractivity contribution in [2.75, 3.05) is 13.7 Å². The molecule has 1 fully saturated rings. The van der Waals surface area contributed by atoms with Crippen LogP contribution in [0.2, 0.25) is 0 Å². The molecular formula is C13H24N2O3. The standard InChI is InChI=1S/C13H24N2O3/c1-6-10-11(16)15(9(2)7-8-18-5)13(3,4)12(17)14-10/h9-10H,6-8H2,1-5H3,(H,14,17). The summed E-state index contributed by atoms with van der Waals surface area (Å²) in [5.41, 5.74) is -0.796. The van der Waals surface area contributed by atoms with Crippen LogP contribution in [0.1, 0.15) is 40.5 Å². The summed E-state index contributed by atoms with van der Waals surface area (Å²) in [6.45, 7) is 8.02. The molecule has 1 heterocycles. The molecule has 1 aliphatic heterocycles. The quantitative estimate of drug-likeness (QED) is 0.796. The summed E-state index contributed by atoms with van der Waals surface area (Å²) >= 11 is 0.